The average molecular weight is 344 g/mol. The summed E-state index contributed by atoms with van der Waals surface area (Å²) in [6, 6.07) is 2.42. The molecule has 0 aromatic heterocycles. The number of nitrogens with zero attached hydrogens (tertiary/aromatic N) is 2. The number of benzene rings is 1. The van der Waals surface area contributed by atoms with Gasteiger partial charge in [-0.2, -0.15) is 4.39 Å². The van der Waals surface area contributed by atoms with Crippen molar-refractivity contribution in [1.82, 2.24) is 0 Å². The SMILES string of the molecule is CCOC(=O)[C@@H](CC(=O)Oc1ccc([N+](=O)[O-])c(F)c1)C[N+](=O)[O-]. The van der Waals surface area contributed by atoms with Gasteiger partial charge in [0.25, 0.3) is 0 Å². The van der Waals surface area contributed by atoms with E-state index in [0.717, 1.165) is 12.1 Å². The number of nitro groups is 2. The number of esters is 2. The first-order chi connectivity index (χ1) is 11.2. The van der Waals surface area contributed by atoms with Crippen LogP contribution in [-0.4, -0.2) is 34.9 Å². The highest BCUT2D eigenvalue weighted by atomic mass is 19.1. The summed E-state index contributed by atoms with van der Waals surface area (Å²) in [4.78, 5) is 42.6. The summed E-state index contributed by atoms with van der Waals surface area (Å²) in [6.45, 7) is 0.650. The van der Waals surface area contributed by atoms with E-state index in [0.29, 0.717) is 6.07 Å². The quantitative estimate of drug-likeness (QED) is 0.299. The van der Waals surface area contributed by atoms with E-state index in [9.17, 15) is 34.2 Å². The van der Waals surface area contributed by atoms with Gasteiger partial charge in [-0.15, -0.1) is 0 Å². The zero-order valence-corrected chi connectivity index (χ0v) is 12.5. The summed E-state index contributed by atoms with van der Waals surface area (Å²) in [5.41, 5.74) is -0.799. The van der Waals surface area contributed by atoms with Gasteiger partial charge < -0.3 is 9.47 Å². The van der Waals surface area contributed by atoms with Crippen molar-refractivity contribution in [3.8, 4) is 5.75 Å². The van der Waals surface area contributed by atoms with Gasteiger partial charge in [0.05, 0.1) is 18.0 Å². The molecule has 24 heavy (non-hydrogen) atoms. The Morgan fingerprint density at radius 3 is 2.46 bits per heavy atom. The zero-order valence-electron chi connectivity index (χ0n) is 12.5. The van der Waals surface area contributed by atoms with Crippen LogP contribution in [0.3, 0.4) is 0 Å². The number of ether oxygens (including phenoxy) is 2. The number of carbonyl (C=O) groups is 2. The lowest BCUT2D eigenvalue weighted by molar-refractivity contribution is -0.486. The molecule has 1 aromatic rings. The zero-order chi connectivity index (χ0) is 18.3. The minimum absolute atomic E-state index is 0.0182. The highest BCUT2D eigenvalue weighted by Gasteiger charge is 2.29. The van der Waals surface area contributed by atoms with E-state index in [4.69, 9.17) is 4.74 Å². The second-order valence-corrected chi connectivity index (χ2v) is 4.51. The summed E-state index contributed by atoms with van der Waals surface area (Å²) in [7, 11) is 0. The predicted octanol–water partition coefficient (Wildman–Crippen LogP) is 1.49. The van der Waals surface area contributed by atoms with Gasteiger partial charge in [-0.3, -0.25) is 29.8 Å². The molecule has 0 saturated heterocycles. The molecule has 1 rings (SSSR count). The van der Waals surface area contributed by atoms with E-state index < -0.39 is 52.2 Å². The topological polar surface area (TPSA) is 139 Å². The highest BCUT2D eigenvalue weighted by molar-refractivity contribution is 5.81. The molecule has 0 spiro atoms. The fraction of sp³-hybridized carbons (Fsp3) is 0.385. The van der Waals surface area contributed by atoms with E-state index >= 15 is 0 Å². The third-order valence-corrected chi connectivity index (χ3v) is 2.75. The fourth-order valence-corrected chi connectivity index (χ4v) is 1.74. The lowest BCUT2D eigenvalue weighted by atomic mass is 10.1. The van der Waals surface area contributed by atoms with Crippen LogP contribution in [0.1, 0.15) is 13.3 Å². The van der Waals surface area contributed by atoms with Crippen LogP contribution in [0.2, 0.25) is 0 Å². The van der Waals surface area contributed by atoms with Crippen molar-refractivity contribution in [2.45, 2.75) is 13.3 Å². The van der Waals surface area contributed by atoms with Gasteiger partial charge in [-0.05, 0) is 13.0 Å². The van der Waals surface area contributed by atoms with E-state index in [1.165, 1.54) is 6.92 Å². The van der Waals surface area contributed by atoms with Gasteiger partial charge >= 0.3 is 17.6 Å². The first kappa shape index (κ1) is 18.9. The molecule has 1 aromatic carbocycles. The van der Waals surface area contributed by atoms with Crippen LogP contribution in [0.15, 0.2) is 18.2 Å². The maximum atomic E-state index is 13.4. The Morgan fingerprint density at radius 2 is 1.96 bits per heavy atom. The van der Waals surface area contributed by atoms with Crippen LogP contribution >= 0.6 is 0 Å². The van der Waals surface area contributed by atoms with Crippen LogP contribution in [0.4, 0.5) is 10.1 Å². The van der Waals surface area contributed by atoms with Crippen LogP contribution in [0.25, 0.3) is 0 Å². The molecular formula is C13H13FN2O8. The molecule has 0 N–H and O–H groups in total. The Bertz CT molecular complexity index is 663. The van der Waals surface area contributed by atoms with Crippen molar-refractivity contribution in [1.29, 1.82) is 0 Å². The summed E-state index contributed by atoms with van der Waals surface area (Å²) < 4.78 is 22.8. The summed E-state index contributed by atoms with van der Waals surface area (Å²) in [5, 5.41) is 21.0. The smallest absolute Gasteiger partial charge is 0.316 e. The second kappa shape index (κ2) is 8.50. The second-order valence-electron chi connectivity index (χ2n) is 4.51. The van der Waals surface area contributed by atoms with Crippen molar-refractivity contribution >= 4 is 17.6 Å². The van der Waals surface area contributed by atoms with Crippen LogP contribution in [-0.2, 0) is 14.3 Å². The number of nitro benzene ring substituents is 1. The molecule has 0 aliphatic heterocycles. The Balaban J connectivity index is 2.78. The van der Waals surface area contributed by atoms with E-state index in [2.05, 4.69) is 4.74 Å². The highest BCUT2D eigenvalue weighted by Crippen LogP contribution is 2.23. The summed E-state index contributed by atoms with van der Waals surface area (Å²) in [5.74, 6) is -4.86. The maximum absolute atomic E-state index is 13.4. The fourth-order valence-electron chi connectivity index (χ4n) is 1.74. The normalized spacial score (nSPS) is 11.4. The van der Waals surface area contributed by atoms with Gasteiger partial charge in [-0.25, -0.2) is 0 Å². The lowest BCUT2D eigenvalue weighted by Crippen LogP contribution is -2.29. The molecule has 0 bridgehead atoms. The third kappa shape index (κ3) is 5.59. The molecule has 11 heteroatoms. The summed E-state index contributed by atoms with van der Waals surface area (Å²) >= 11 is 0. The lowest BCUT2D eigenvalue weighted by Gasteiger charge is -2.11. The van der Waals surface area contributed by atoms with Crippen LogP contribution < -0.4 is 4.74 Å². The molecule has 0 unspecified atom stereocenters. The molecule has 0 radical (unpaired) electrons. The van der Waals surface area contributed by atoms with E-state index in [1.807, 2.05) is 0 Å². The standard InChI is InChI=1S/C13H13FN2O8/c1-2-23-13(18)8(7-15(19)20)5-12(17)24-9-3-4-11(16(21)22)10(14)6-9/h3-4,6,8H,2,5,7H2,1H3/t8-/m0/s1. The van der Waals surface area contributed by atoms with Crippen molar-refractivity contribution < 1.29 is 33.3 Å². The Kier molecular flexibility index (Phi) is 6.71. The maximum Gasteiger partial charge on any atom is 0.316 e. The van der Waals surface area contributed by atoms with Gasteiger partial charge in [0.15, 0.2) is 0 Å². The molecule has 130 valence electrons. The molecule has 0 heterocycles. The predicted molar refractivity (Wildman–Crippen MR) is 75.3 cm³/mol. The van der Waals surface area contributed by atoms with E-state index in [1.54, 1.807) is 0 Å². The Labute approximate surface area is 134 Å². The monoisotopic (exact) mass is 344 g/mol. The van der Waals surface area contributed by atoms with Crippen molar-refractivity contribution in [2.75, 3.05) is 13.2 Å². The van der Waals surface area contributed by atoms with Crippen molar-refractivity contribution in [3.05, 3.63) is 44.2 Å². The molecule has 0 saturated carbocycles. The Morgan fingerprint density at radius 1 is 1.29 bits per heavy atom. The van der Waals surface area contributed by atoms with Gasteiger partial charge in [0.1, 0.15) is 11.7 Å². The number of hydrogen-bond donors (Lipinski definition) is 0. The molecule has 0 amide bonds. The van der Waals surface area contributed by atoms with Gasteiger partial charge in [0, 0.05) is 17.1 Å². The first-order valence-electron chi connectivity index (χ1n) is 6.67. The Hall–Kier alpha value is -3.11. The third-order valence-electron chi connectivity index (χ3n) is 2.75. The summed E-state index contributed by atoms with van der Waals surface area (Å²) in [6.07, 6.45) is -0.654. The van der Waals surface area contributed by atoms with E-state index in [-0.39, 0.29) is 12.4 Å². The molecular weight excluding hydrogens is 331 g/mol. The van der Waals surface area contributed by atoms with Crippen LogP contribution in [0.5, 0.6) is 5.75 Å². The largest absolute Gasteiger partial charge is 0.466 e. The van der Waals surface area contributed by atoms with Crippen molar-refractivity contribution in [3.63, 3.8) is 0 Å². The van der Waals surface area contributed by atoms with Crippen LogP contribution in [0, 0.1) is 32.0 Å². The molecule has 1 atom stereocenters. The minimum Gasteiger partial charge on any atom is -0.466 e. The molecule has 0 aliphatic carbocycles. The molecule has 10 nitrogen and oxygen atoms in total. The number of hydrogen-bond acceptors (Lipinski definition) is 8. The molecule has 0 aliphatic rings. The molecule has 0 fully saturated rings. The van der Waals surface area contributed by atoms with Crippen molar-refractivity contribution in [2.24, 2.45) is 5.92 Å². The average Bonchev–Trinajstić information content (AvgIpc) is 2.45. The number of halogens is 1. The van der Waals surface area contributed by atoms with Gasteiger partial charge in [-0.1, -0.05) is 0 Å². The first-order valence-corrected chi connectivity index (χ1v) is 6.67. The number of carbonyl (C=O) groups excluding carboxylic acids is 2. The minimum atomic E-state index is -1.35. The number of rotatable bonds is 8. The van der Waals surface area contributed by atoms with Gasteiger partial charge in [0.2, 0.25) is 12.4 Å².